The minimum absolute atomic E-state index is 0.109. The van der Waals surface area contributed by atoms with E-state index in [0.29, 0.717) is 22.3 Å². The molecule has 26 heavy (non-hydrogen) atoms. The van der Waals surface area contributed by atoms with Crippen LogP contribution in [0.4, 0.5) is 0 Å². The molecule has 4 fully saturated rings. The Bertz CT molecular complexity index is 558. The van der Waals surface area contributed by atoms with Gasteiger partial charge in [-0.3, -0.25) is 0 Å². The minimum Gasteiger partial charge on any atom is -0.393 e. The highest BCUT2D eigenvalue weighted by molar-refractivity contribution is 5.15. The highest BCUT2D eigenvalue weighted by Crippen LogP contribution is 2.73. The lowest BCUT2D eigenvalue weighted by molar-refractivity contribution is -0.184. The van der Waals surface area contributed by atoms with Crippen molar-refractivity contribution in [3.05, 3.63) is 0 Å². The Morgan fingerprint density at radius 2 is 1.46 bits per heavy atom. The Hall–Kier alpha value is -0.0800. The van der Waals surface area contributed by atoms with Crippen molar-refractivity contribution in [2.24, 2.45) is 39.4 Å². The molecule has 150 valence electrons. The number of hydrogen-bond acceptors (Lipinski definition) is 2. The summed E-state index contributed by atoms with van der Waals surface area (Å²) >= 11 is 0. The lowest BCUT2D eigenvalue weighted by Crippen LogP contribution is -2.59. The zero-order chi connectivity index (χ0) is 19.0. The van der Waals surface area contributed by atoms with Crippen LogP contribution in [0.1, 0.15) is 92.4 Å². The molecule has 0 amide bonds. The first kappa shape index (κ1) is 19.2. The molecule has 4 aliphatic carbocycles. The van der Waals surface area contributed by atoms with Crippen molar-refractivity contribution in [3.63, 3.8) is 0 Å². The van der Waals surface area contributed by atoms with Crippen LogP contribution < -0.4 is 0 Å². The summed E-state index contributed by atoms with van der Waals surface area (Å²) in [7, 11) is 1.91. The smallest absolute Gasteiger partial charge is 0.0577 e. The number of methoxy groups -OCH3 is 1. The third kappa shape index (κ3) is 2.24. The van der Waals surface area contributed by atoms with Gasteiger partial charge in [-0.25, -0.2) is 0 Å². The fourth-order valence-corrected chi connectivity index (χ4v) is 8.78. The van der Waals surface area contributed by atoms with Gasteiger partial charge in [0.05, 0.1) is 12.2 Å². The summed E-state index contributed by atoms with van der Waals surface area (Å²) in [6, 6.07) is 0. The van der Waals surface area contributed by atoms with Crippen LogP contribution in [0.25, 0.3) is 0 Å². The Morgan fingerprint density at radius 1 is 0.846 bits per heavy atom. The zero-order valence-electron chi connectivity index (χ0n) is 18.1. The highest BCUT2D eigenvalue weighted by Gasteiger charge is 2.66. The van der Waals surface area contributed by atoms with Gasteiger partial charge in [0.15, 0.2) is 0 Å². The Balaban J connectivity index is 1.64. The van der Waals surface area contributed by atoms with E-state index in [4.69, 9.17) is 4.74 Å². The average molecular weight is 363 g/mol. The van der Waals surface area contributed by atoms with Gasteiger partial charge in [-0.1, -0.05) is 27.7 Å². The normalized spacial score (nSPS) is 57.8. The molecule has 0 saturated heterocycles. The molecule has 0 heterocycles. The molecule has 0 aromatic carbocycles. The molecule has 9 unspecified atom stereocenters. The first-order chi connectivity index (χ1) is 12.1. The van der Waals surface area contributed by atoms with E-state index in [-0.39, 0.29) is 11.5 Å². The standard InChI is InChI=1S/C24H42O2/c1-16(25)22(3)13-9-20-18-8-11-21(2)15-17(26-6)7-12-23(21,4)19(18)10-14-24(20,22)5/h16-20,25H,7-15H2,1-6H3. The minimum atomic E-state index is -0.185. The Kier molecular flexibility index (Phi) is 4.41. The van der Waals surface area contributed by atoms with E-state index in [2.05, 4.69) is 27.7 Å². The molecule has 0 aliphatic heterocycles. The van der Waals surface area contributed by atoms with Crippen molar-refractivity contribution < 1.29 is 9.84 Å². The summed E-state index contributed by atoms with van der Waals surface area (Å²) in [5.41, 5.74) is 1.37. The number of aliphatic hydroxyl groups is 1. The van der Waals surface area contributed by atoms with Crippen LogP contribution in [0.15, 0.2) is 0 Å². The van der Waals surface area contributed by atoms with E-state index in [9.17, 15) is 5.11 Å². The summed E-state index contributed by atoms with van der Waals surface area (Å²) in [5.74, 6) is 2.59. The highest BCUT2D eigenvalue weighted by atomic mass is 16.5. The van der Waals surface area contributed by atoms with Gasteiger partial charge >= 0.3 is 0 Å². The molecule has 0 aromatic heterocycles. The summed E-state index contributed by atoms with van der Waals surface area (Å²) in [5, 5.41) is 10.6. The molecule has 1 N–H and O–H groups in total. The number of ether oxygens (including phenoxy) is 1. The molecule has 0 bridgehead atoms. The summed E-state index contributed by atoms with van der Waals surface area (Å²) in [6.45, 7) is 12.2. The second-order valence-electron chi connectivity index (χ2n) is 11.6. The van der Waals surface area contributed by atoms with Crippen molar-refractivity contribution in [1.82, 2.24) is 0 Å². The maximum atomic E-state index is 10.6. The SMILES string of the molecule is COC1CCC2(C)C3CCC4(C)C(CCC4(C)C(C)O)C3CCC2(C)C1. The molecule has 4 rings (SSSR count). The number of hydrogen-bond donors (Lipinski definition) is 1. The second-order valence-corrected chi connectivity index (χ2v) is 11.6. The summed E-state index contributed by atoms with van der Waals surface area (Å²) in [4.78, 5) is 0. The first-order valence-corrected chi connectivity index (χ1v) is 11.3. The Labute approximate surface area is 161 Å². The molecule has 0 spiro atoms. The van der Waals surface area contributed by atoms with Crippen LogP contribution in [-0.4, -0.2) is 24.4 Å². The van der Waals surface area contributed by atoms with Crippen LogP contribution in [-0.2, 0) is 4.74 Å². The van der Waals surface area contributed by atoms with Crippen LogP contribution in [0.5, 0.6) is 0 Å². The third-order valence-corrected chi connectivity index (χ3v) is 11.3. The molecule has 0 aromatic rings. The maximum absolute atomic E-state index is 10.6. The molecule has 4 aliphatic rings. The van der Waals surface area contributed by atoms with Crippen molar-refractivity contribution in [2.75, 3.05) is 7.11 Å². The van der Waals surface area contributed by atoms with Crippen LogP contribution in [0.3, 0.4) is 0 Å². The fraction of sp³-hybridized carbons (Fsp3) is 1.00. The average Bonchev–Trinajstić information content (AvgIpc) is 2.88. The van der Waals surface area contributed by atoms with Gasteiger partial charge in [0.25, 0.3) is 0 Å². The topological polar surface area (TPSA) is 29.5 Å². The molecule has 9 atom stereocenters. The maximum Gasteiger partial charge on any atom is 0.0577 e. The van der Waals surface area contributed by atoms with Gasteiger partial charge in [0.1, 0.15) is 0 Å². The first-order valence-electron chi connectivity index (χ1n) is 11.3. The quantitative estimate of drug-likeness (QED) is 0.670. The number of rotatable bonds is 2. The molecular formula is C24H42O2. The lowest BCUT2D eigenvalue weighted by Gasteiger charge is -2.66. The monoisotopic (exact) mass is 362 g/mol. The van der Waals surface area contributed by atoms with E-state index < -0.39 is 0 Å². The van der Waals surface area contributed by atoms with Gasteiger partial charge < -0.3 is 9.84 Å². The van der Waals surface area contributed by atoms with E-state index in [1.165, 1.54) is 57.8 Å². The van der Waals surface area contributed by atoms with Gasteiger partial charge in [0.2, 0.25) is 0 Å². The van der Waals surface area contributed by atoms with Crippen LogP contribution >= 0.6 is 0 Å². The Morgan fingerprint density at radius 3 is 2.12 bits per heavy atom. The van der Waals surface area contributed by atoms with E-state index in [0.717, 1.165) is 17.8 Å². The van der Waals surface area contributed by atoms with Crippen molar-refractivity contribution in [2.45, 2.75) is 105 Å². The molecule has 2 nitrogen and oxygen atoms in total. The van der Waals surface area contributed by atoms with E-state index >= 15 is 0 Å². The third-order valence-electron chi connectivity index (χ3n) is 11.3. The fourth-order valence-electron chi connectivity index (χ4n) is 8.78. The predicted molar refractivity (Wildman–Crippen MR) is 107 cm³/mol. The molecule has 4 saturated carbocycles. The van der Waals surface area contributed by atoms with Crippen molar-refractivity contribution in [3.8, 4) is 0 Å². The lowest BCUT2D eigenvalue weighted by atomic mass is 9.39. The van der Waals surface area contributed by atoms with Crippen LogP contribution in [0, 0.1) is 39.4 Å². The van der Waals surface area contributed by atoms with E-state index in [1.54, 1.807) is 0 Å². The summed E-state index contributed by atoms with van der Waals surface area (Å²) < 4.78 is 5.80. The molecule has 0 radical (unpaired) electrons. The second kappa shape index (κ2) is 5.96. The summed E-state index contributed by atoms with van der Waals surface area (Å²) in [6.07, 6.45) is 12.2. The zero-order valence-corrected chi connectivity index (χ0v) is 18.1. The van der Waals surface area contributed by atoms with Gasteiger partial charge in [-0.2, -0.15) is 0 Å². The number of fused-ring (bicyclic) bond motifs is 5. The number of aliphatic hydroxyl groups excluding tert-OH is 1. The molecular weight excluding hydrogens is 320 g/mol. The van der Waals surface area contributed by atoms with Crippen molar-refractivity contribution in [1.29, 1.82) is 0 Å². The largest absolute Gasteiger partial charge is 0.393 e. The van der Waals surface area contributed by atoms with E-state index in [1.807, 2.05) is 14.0 Å². The molecule has 2 heteroatoms. The van der Waals surface area contributed by atoms with Gasteiger partial charge in [-0.05, 0) is 104 Å². The van der Waals surface area contributed by atoms with Gasteiger partial charge in [0, 0.05) is 7.11 Å². The van der Waals surface area contributed by atoms with Gasteiger partial charge in [-0.15, -0.1) is 0 Å². The van der Waals surface area contributed by atoms with Crippen molar-refractivity contribution >= 4 is 0 Å². The van der Waals surface area contributed by atoms with Crippen LogP contribution in [0.2, 0.25) is 0 Å². The predicted octanol–water partition coefficient (Wildman–Crippen LogP) is 5.82.